The van der Waals surface area contributed by atoms with Crippen LogP contribution in [-0.2, 0) is 30.9 Å². The van der Waals surface area contributed by atoms with Crippen molar-refractivity contribution in [3.63, 3.8) is 0 Å². The highest BCUT2D eigenvalue weighted by atomic mass is 16.5. The monoisotopic (exact) mass is 875 g/mol. The Morgan fingerprint density at radius 2 is 1.41 bits per heavy atom. The fraction of sp³-hybridized carbons (Fsp3) is 0.419. The van der Waals surface area contributed by atoms with Crippen LogP contribution in [0.25, 0.3) is 27.8 Å². The van der Waals surface area contributed by atoms with Crippen molar-refractivity contribution in [3.05, 3.63) is 70.6 Å². The summed E-state index contributed by atoms with van der Waals surface area (Å²) in [6.45, 7) is 12.7. The van der Waals surface area contributed by atoms with Crippen molar-refractivity contribution < 1.29 is 38.0 Å². The first-order valence-electron chi connectivity index (χ1n) is 21.3. The number of amides is 4. The molecule has 0 unspecified atom stereocenters. The number of ether oxygens (including phenoxy) is 3. The van der Waals surface area contributed by atoms with Crippen molar-refractivity contribution >= 4 is 57.6 Å². The number of aryl methyl sites for hydroxylation is 4. The van der Waals surface area contributed by atoms with Crippen LogP contribution in [0.5, 0.6) is 11.5 Å². The molecule has 6 aromatic rings. The van der Waals surface area contributed by atoms with Gasteiger partial charge in [-0.1, -0.05) is 12.2 Å². The van der Waals surface area contributed by atoms with Crippen LogP contribution in [0, 0.1) is 19.3 Å². The summed E-state index contributed by atoms with van der Waals surface area (Å²) in [5.74, 6) is -0.925. The molecule has 0 atom stereocenters. The highest BCUT2D eigenvalue weighted by molar-refractivity contribution is 6.07. The number of allylic oxidation sites excluding steroid dienone is 2. The molecule has 1 spiro atoms. The number of nitrogens with one attached hydrogen (secondary N) is 2. The molecule has 0 saturated carbocycles. The van der Waals surface area contributed by atoms with Gasteiger partial charge in [-0.25, -0.2) is 9.97 Å². The molecule has 0 bridgehead atoms. The van der Waals surface area contributed by atoms with Gasteiger partial charge in [-0.15, -0.1) is 4.68 Å². The summed E-state index contributed by atoms with van der Waals surface area (Å²) in [4.78, 5) is 66.5. The van der Waals surface area contributed by atoms with Crippen molar-refractivity contribution in [2.75, 3.05) is 57.2 Å². The van der Waals surface area contributed by atoms with Crippen LogP contribution in [0.15, 0.2) is 36.4 Å². The van der Waals surface area contributed by atoms with E-state index in [9.17, 15) is 19.2 Å². The van der Waals surface area contributed by atoms with Gasteiger partial charge in [-0.3, -0.25) is 39.4 Å². The number of nitrogens with zero attached hydrogens (tertiary/aromatic N) is 10. The first-order valence-corrected chi connectivity index (χ1v) is 21.3. The van der Waals surface area contributed by atoms with Crippen molar-refractivity contribution in [2.24, 2.45) is 16.9 Å². The summed E-state index contributed by atoms with van der Waals surface area (Å²) >= 11 is 0. The van der Waals surface area contributed by atoms with Crippen LogP contribution in [0.3, 0.4) is 0 Å². The molecule has 64 heavy (non-hydrogen) atoms. The van der Waals surface area contributed by atoms with E-state index >= 15 is 0 Å². The zero-order valence-corrected chi connectivity index (χ0v) is 36.4. The Bertz CT molecular complexity index is 2910. The molecule has 21 nitrogen and oxygen atoms in total. The quantitative estimate of drug-likeness (QED) is 0.121. The molecule has 2 fully saturated rings. The second kappa shape index (κ2) is 16.5. The zero-order chi connectivity index (χ0) is 45.0. The molecule has 9 rings (SSSR count). The summed E-state index contributed by atoms with van der Waals surface area (Å²) in [6, 6.07) is 6.27. The van der Waals surface area contributed by atoms with Crippen molar-refractivity contribution in [1.29, 1.82) is 0 Å². The minimum absolute atomic E-state index is 0.105. The van der Waals surface area contributed by atoms with E-state index in [1.807, 2.05) is 30.6 Å². The number of benzene rings is 2. The van der Waals surface area contributed by atoms with E-state index in [1.54, 1.807) is 50.5 Å². The van der Waals surface area contributed by atoms with E-state index in [-0.39, 0.29) is 47.6 Å². The lowest BCUT2D eigenvalue weighted by Gasteiger charge is -2.52. The summed E-state index contributed by atoms with van der Waals surface area (Å²) < 4.78 is 26.1. The van der Waals surface area contributed by atoms with Crippen LogP contribution in [0.1, 0.15) is 80.0 Å². The number of rotatable bonds is 9. The lowest BCUT2D eigenvalue weighted by molar-refractivity contribution is -0.606. The van der Waals surface area contributed by atoms with Crippen molar-refractivity contribution in [3.8, 4) is 17.2 Å². The lowest BCUT2D eigenvalue weighted by atomic mass is 9.73. The maximum atomic E-state index is 14.8. The smallest absolute Gasteiger partial charge is 0.331 e. The second-order valence-electron chi connectivity index (χ2n) is 16.4. The molecule has 2 aromatic carbocycles. The molecule has 6 N–H and O–H groups in total. The van der Waals surface area contributed by atoms with E-state index in [4.69, 9.17) is 45.8 Å². The third-order valence-electron chi connectivity index (χ3n) is 12.3. The van der Waals surface area contributed by atoms with Gasteiger partial charge in [-0.05, 0) is 57.9 Å². The highest BCUT2D eigenvalue weighted by Gasteiger charge is 2.43. The van der Waals surface area contributed by atoms with E-state index < -0.39 is 23.6 Å². The number of imidazole rings is 2. The molecule has 3 aliphatic rings. The largest absolute Gasteiger partial charge is 0.494 e. The van der Waals surface area contributed by atoms with Gasteiger partial charge < -0.3 is 34.8 Å². The Hall–Kier alpha value is -7.13. The van der Waals surface area contributed by atoms with Gasteiger partial charge in [-0.2, -0.15) is 9.67 Å². The highest BCUT2D eigenvalue weighted by Crippen LogP contribution is 2.40. The van der Waals surface area contributed by atoms with Crippen molar-refractivity contribution in [1.82, 2.24) is 43.6 Å². The molecular weight excluding hydrogens is 825 g/mol. The summed E-state index contributed by atoms with van der Waals surface area (Å²) in [5, 5.41) is 15.5. The average molecular weight is 876 g/mol. The third kappa shape index (κ3) is 7.28. The molecule has 21 heteroatoms. The second-order valence-corrected chi connectivity index (χ2v) is 16.4. The Morgan fingerprint density at radius 3 is 1.98 bits per heavy atom. The van der Waals surface area contributed by atoms with Crippen LogP contribution in [-0.4, -0.2) is 114 Å². The lowest BCUT2D eigenvalue weighted by Crippen LogP contribution is -2.59. The van der Waals surface area contributed by atoms with Gasteiger partial charge in [0.15, 0.2) is 11.4 Å². The predicted octanol–water partition coefficient (Wildman–Crippen LogP) is 2.48. The molecule has 0 radical (unpaired) electrons. The Balaban J connectivity index is 1.20. The molecule has 4 amide bonds. The number of aromatic nitrogens is 9. The number of carbonyl (C=O) groups excluding carboxylic acids is 4. The molecule has 3 aliphatic heterocycles. The van der Waals surface area contributed by atoms with Gasteiger partial charge in [0.05, 0.1) is 23.8 Å². The fourth-order valence-electron chi connectivity index (χ4n) is 9.24. The van der Waals surface area contributed by atoms with Crippen LogP contribution in [0.2, 0.25) is 0 Å². The van der Waals surface area contributed by atoms with Crippen molar-refractivity contribution in [2.45, 2.75) is 66.7 Å². The van der Waals surface area contributed by atoms with Gasteiger partial charge in [0.25, 0.3) is 11.7 Å². The topological polar surface area (TPSA) is 250 Å². The van der Waals surface area contributed by atoms with Crippen LogP contribution >= 0.6 is 0 Å². The summed E-state index contributed by atoms with van der Waals surface area (Å²) in [7, 11) is 1.47. The Kier molecular flexibility index (Phi) is 10.9. The van der Waals surface area contributed by atoms with Gasteiger partial charge in [0.1, 0.15) is 35.7 Å². The number of nitrogens with two attached hydrogens (primary N) is 2. The van der Waals surface area contributed by atoms with Gasteiger partial charge >= 0.3 is 11.7 Å². The predicted molar refractivity (Wildman–Crippen MR) is 233 cm³/mol. The average Bonchev–Trinajstić information content (AvgIpc) is 4.00. The normalized spacial score (nSPS) is 17.0. The number of likely N-dealkylation sites (tertiary alicyclic amines) is 1. The zero-order valence-electron chi connectivity index (χ0n) is 36.4. The molecule has 2 saturated heterocycles. The summed E-state index contributed by atoms with van der Waals surface area (Å²) in [6.07, 6.45) is 5.83. The minimum atomic E-state index is -0.672. The number of hydrogen-bond acceptors (Lipinski definition) is 12. The Morgan fingerprint density at radius 1 is 0.828 bits per heavy atom. The molecular formula is C43H51N14O7+. The van der Waals surface area contributed by atoms with Crippen LogP contribution in [0.4, 0.5) is 11.9 Å². The number of methoxy groups -OCH3 is 1. The number of anilines is 2. The minimum Gasteiger partial charge on any atom is -0.494 e. The first kappa shape index (κ1) is 42.2. The third-order valence-corrected chi connectivity index (χ3v) is 12.3. The fourth-order valence-corrected chi connectivity index (χ4v) is 9.24. The van der Waals surface area contributed by atoms with Crippen LogP contribution < -0.4 is 36.1 Å². The summed E-state index contributed by atoms with van der Waals surface area (Å²) in [5.41, 5.74) is 14.9. The first-order chi connectivity index (χ1) is 30.8. The Labute approximate surface area is 366 Å². The van der Waals surface area contributed by atoms with E-state index in [0.717, 1.165) is 39.1 Å². The maximum Gasteiger partial charge on any atom is 0.331 e. The number of primary amides is 2. The standard InChI is InChI=1S/C43H50N14O7/c1-6-55-35-32(24(3)50-55)57-25(4)51-56(7-2)40(57)39(61)49-42-46-28-18-26(36(44)58)20-30(62-5)33(28)53(42)12-8-9-13-54-34-29(47-41(54)48-38(35)60)19-27(37(45)59)21-31(34)64-17-14-52-22-43(23-52)10-15-63-16-11-43/h8-9,18-21H,6-7,10-17,22-23H2,1-5H3,(H5-,44,45,46,47,48,49,58,59,60,61)/p+1/b9-8+. The maximum absolute atomic E-state index is 14.8. The molecule has 4 aromatic heterocycles. The van der Waals surface area contributed by atoms with Gasteiger partial charge in [0, 0.05) is 81.0 Å². The number of carbonyl (C=O) groups is 4. The number of hydrogen-bond donors (Lipinski definition) is 4. The molecule has 0 aliphatic carbocycles. The SMILES string of the molecule is CCn1nc(C)c2c1C(=O)Nc1nc3cc(C(N)=O)cc(OCCN4CC5(CCOCC5)C4)c3n1C/C=C/Cn1c(nc3cc(C(N)=O)cc(OC)c31)NC(=O)c1n(CC)nc(C)[n+]1-2. The van der Waals surface area contributed by atoms with Gasteiger partial charge in [0.2, 0.25) is 23.7 Å². The molecule has 334 valence electrons. The van der Waals surface area contributed by atoms with E-state index in [2.05, 4.69) is 15.5 Å². The van der Waals surface area contributed by atoms with E-state index in [0.29, 0.717) is 82.4 Å². The number of fused-ring (bicyclic) bond motifs is 9. The van der Waals surface area contributed by atoms with E-state index in [1.165, 1.54) is 13.2 Å². The molecule has 7 heterocycles.